The summed E-state index contributed by atoms with van der Waals surface area (Å²) in [5, 5.41) is 1.45. The smallest absolute Gasteiger partial charge is 0.308 e. The molecule has 0 bridgehead atoms. The average molecular weight is 403 g/mol. The highest BCUT2D eigenvalue weighted by atomic mass is 35.5. The van der Waals surface area contributed by atoms with Gasteiger partial charge >= 0.3 is 5.97 Å². The number of aromatic nitrogens is 2. The fourth-order valence-corrected chi connectivity index (χ4v) is 3.62. The quantitative estimate of drug-likeness (QED) is 0.304. The van der Waals surface area contributed by atoms with Crippen LogP contribution in [0, 0.1) is 13.8 Å². The van der Waals surface area contributed by atoms with E-state index in [1.54, 1.807) is 6.07 Å². The fourth-order valence-electron chi connectivity index (χ4n) is 3.35. The minimum absolute atomic E-state index is 0.354. The number of fused-ring (bicyclic) bond motifs is 1. The Labute approximate surface area is 174 Å². The first kappa shape index (κ1) is 19.1. The van der Waals surface area contributed by atoms with Crippen LogP contribution in [-0.2, 0) is 4.79 Å². The van der Waals surface area contributed by atoms with Gasteiger partial charge in [-0.3, -0.25) is 4.79 Å². The maximum Gasteiger partial charge on any atom is 0.308 e. The van der Waals surface area contributed by atoms with Crippen LogP contribution in [0.4, 0.5) is 0 Å². The zero-order valence-corrected chi connectivity index (χ0v) is 17.1. The Balaban J connectivity index is 2.01. The van der Waals surface area contributed by atoms with Crippen LogP contribution in [0.3, 0.4) is 0 Å². The second kappa shape index (κ2) is 7.64. The molecule has 0 unspecified atom stereocenters. The summed E-state index contributed by atoms with van der Waals surface area (Å²) in [5.41, 5.74) is 5.31. The van der Waals surface area contributed by atoms with Crippen molar-refractivity contribution in [2.75, 3.05) is 0 Å². The number of hydrogen-bond acceptors (Lipinski definition) is 4. The van der Waals surface area contributed by atoms with Gasteiger partial charge < -0.3 is 4.74 Å². The Hall–Kier alpha value is -3.24. The highest BCUT2D eigenvalue weighted by Gasteiger charge is 2.18. The van der Waals surface area contributed by atoms with Gasteiger partial charge in [-0.15, -0.1) is 0 Å². The molecule has 0 fully saturated rings. The molecule has 3 aromatic carbocycles. The minimum Gasteiger partial charge on any atom is -0.426 e. The lowest BCUT2D eigenvalue weighted by atomic mass is 10.0. The molecule has 29 heavy (non-hydrogen) atoms. The van der Waals surface area contributed by atoms with Crippen LogP contribution in [0.1, 0.15) is 18.1 Å². The van der Waals surface area contributed by atoms with Gasteiger partial charge in [0.15, 0.2) is 5.82 Å². The van der Waals surface area contributed by atoms with Crippen molar-refractivity contribution in [2.45, 2.75) is 20.8 Å². The molecule has 1 aromatic heterocycles. The molecule has 0 radical (unpaired) electrons. The van der Waals surface area contributed by atoms with E-state index in [1.807, 2.05) is 37.3 Å². The molecule has 4 aromatic rings. The molecule has 0 amide bonds. The lowest BCUT2D eigenvalue weighted by Crippen LogP contribution is -2.05. The Morgan fingerprint density at radius 1 is 0.966 bits per heavy atom. The van der Waals surface area contributed by atoms with E-state index in [0.29, 0.717) is 22.2 Å². The summed E-state index contributed by atoms with van der Waals surface area (Å²) in [7, 11) is 0. The van der Waals surface area contributed by atoms with Gasteiger partial charge in [-0.1, -0.05) is 59.6 Å². The van der Waals surface area contributed by atoms with Crippen molar-refractivity contribution in [3.8, 4) is 28.4 Å². The van der Waals surface area contributed by atoms with Gasteiger partial charge in [0.05, 0.1) is 16.8 Å². The van der Waals surface area contributed by atoms with Crippen LogP contribution in [0.5, 0.6) is 5.75 Å². The van der Waals surface area contributed by atoms with E-state index in [4.69, 9.17) is 26.3 Å². The van der Waals surface area contributed by atoms with Crippen LogP contribution in [-0.4, -0.2) is 15.9 Å². The molecule has 0 aliphatic rings. The zero-order valence-electron chi connectivity index (χ0n) is 16.4. The number of esters is 1. The Bertz CT molecular complexity index is 1230. The molecule has 5 heteroatoms. The summed E-state index contributed by atoms with van der Waals surface area (Å²) in [6, 6.07) is 19.5. The number of nitrogens with zero attached hydrogens (tertiary/aromatic N) is 2. The molecular formula is C24H19ClN2O2. The number of aryl methyl sites for hydroxylation is 2. The fraction of sp³-hybridized carbons (Fsp3) is 0.125. The molecule has 0 aliphatic heterocycles. The van der Waals surface area contributed by atoms with Crippen LogP contribution in [0.15, 0.2) is 60.7 Å². The van der Waals surface area contributed by atoms with Gasteiger partial charge in [-0.25, -0.2) is 9.97 Å². The summed E-state index contributed by atoms with van der Waals surface area (Å²) in [4.78, 5) is 21.3. The van der Waals surface area contributed by atoms with Crippen molar-refractivity contribution >= 4 is 28.5 Å². The van der Waals surface area contributed by atoms with Gasteiger partial charge in [0.2, 0.25) is 0 Å². The third kappa shape index (κ3) is 3.84. The number of carbonyl (C=O) groups excluding carboxylic acids is 1. The predicted molar refractivity (Wildman–Crippen MR) is 116 cm³/mol. The minimum atomic E-state index is -0.424. The number of carbonyl (C=O) groups is 1. The van der Waals surface area contributed by atoms with Gasteiger partial charge in [-0.2, -0.15) is 0 Å². The summed E-state index contributed by atoms with van der Waals surface area (Å²) >= 11 is 6.20. The SMILES string of the molecule is CC(=O)Oc1cc(Cl)cc(C)c1-c1nc(-c2ccc(C)cc2)c2ccccc2n1. The lowest BCUT2D eigenvalue weighted by molar-refractivity contribution is -0.131. The van der Waals surface area contributed by atoms with Crippen LogP contribution >= 0.6 is 11.6 Å². The summed E-state index contributed by atoms with van der Waals surface area (Å²) < 4.78 is 5.43. The standard InChI is InChI=1S/C24H19ClN2O2/c1-14-8-10-17(11-9-14)23-19-6-4-5-7-20(19)26-24(27-23)22-15(2)12-18(25)13-21(22)29-16(3)28/h4-13H,1-3H3. The van der Waals surface area contributed by atoms with Crippen molar-refractivity contribution < 1.29 is 9.53 Å². The predicted octanol–water partition coefficient (Wildman–Crippen LogP) is 6.16. The number of hydrogen-bond donors (Lipinski definition) is 0. The van der Waals surface area contributed by atoms with E-state index in [0.717, 1.165) is 27.7 Å². The zero-order chi connectivity index (χ0) is 20.5. The average Bonchev–Trinajstić information content (AvgIpc) is 2.67. The van der Waals surface area contributed by atoms with E-state index in [-0.39, 0.29) is 0 Å². The first-order valence-corrected chi connectivity index (χ1v) is 9.63. The molecule has 4 rings (SSSR count). The highest BCUT2D eigenvalue weighted by Crippen LogP contribution is 2.37. The monoisotopic (exact) mass is 402 g/mol. The number of para-hydroxylation sites is 1. The Morgan fingerprint density at radius 2 is 1.69 bits per heavy atom. The summed E-state index contributed by atoms with van der Waals surface area (Å²) in [5.74, 6) is 0.421. The van der Waals surface area contributed by atoms with E-state index in [2.05, 4.69) is 31.2 Å². The van der Waals surface area contributed by atoms with Crippen molar-refractivity contribution in [3.63, 3.8) is 0 Å². The summed E-state index contributed by atoms with van der Waals surface area (Å²) in [6.07, 6.45) is 0. The second-order valence-electron chi connectivity index (χ2n) is 6.97. The first-order valence-electron chi connectivity index (χ1n) is 9.25. The molecular weight excluding hydrogens is 384 g/mol. The molecule has 0 N–H and O–H groups in total. The molecule has 0 aliphatic carbocycles. The molecule has 144 valence electrons. The molecule has 0 saturated carbocycles. The second-order valence-corrected chi connectivity index (χ2v) is 7.40. The van der Waals surface area contributed by atoms with E-state index in [1.165, 1.54) is 12.5 Å². The van der Waals surface area contributed by atoms with Gasteiger partial charge in [0.25, 0.3) is 0 Å². The first-order chi connectivity index (χ1) is 13.9. The topological polar surface area (TPSA) is 52.1 Å². The Kier molecular flexibility index (Phi) is 5.03. The van der Waals surface area contributed by atoms with Crippen molar-refractivity contribution in [3.05, 3.63) is 76.8 Å². The van der Waals surface area contributed by atoms with E-state index < -0.39 is 5.97 Å². The van der Waals surface area contributed by atoms with E-state index in [9.17, 15) is 4.79 Å². The largest absolute Gasteiger partial charge is 0.426 e. The van der Waals surface area contributed by atoms with Crippen molar-refractivity contribution in [1.29, 1.82) is 0 Å². The highest BCUT2D eigenvalue weighted by molar-refractivity contribution is 6.31. The van der Waals surface area contributed by atoms with Gasteiger partial charge in [0, 0.05) is 29.0 Å². The van der Waals surface area contributed by atoms with Gasteiger partial charge in [0.1, 0.15) is 5.75 Å². The van der Waals surface area contributed by atoms with Crippen LogP contribution < -0.4 is 4.74 Å². The van der Waals surface area contributed by atoms with Crippen molar-refractivity contribution in [2.24, 2.45) is 0 Å². The maximum atomic E-state index is 11.6. The number of benzene rings is 3. The Morgan fingerprint density at radius 3 is 2.41 bits per heavy atom. The van der Waals surface area contributed by atoms with Crippen LogP contribution in [0.2, 0.25) is 5.02 Å². The molecule has 4 nitrogen and oxygen atoms in total. The van der Waals surface area contributed by atoms with Crippen LogP contribution in [0.25, 0.3) is 33.5 Å². The molecule has 0 saturated heterocycles. The third-order valence-electron chi connectivity index (χ3n) is 4.67. The van der Waals surface area contributed by atoms with Crippen molar-refractivity contribution in [1.82, 2.24) is 9.97 Å². The van der Waals surface area contributed by atoms with E-state index >= 15 is 0 Å². The molecule has 1 heterocycles. The number of rotatable bonds is 3. The lowest BCUT2D eigenvalue weighted by Gasteiger charge is -2.14. The number of ether oxygens (including phenoxy) is 1. The van der Waals surface area contributed by atoms with Gasteiger partial charge in [-0.05, 0) is 31.5 Å². The number of halogens is 1. The third-order valence-corrected chi connectivity index (χ3v) is 4.89. The molecule has 0 spiro atoms. The summed E-state index contributed by atoms with van der Waals surface area (Å²) in [6.45, 7) is 5.31. The maximum absolute atomic E-state index is 11.6. The molecule has 0 atom stereocenters. The normalized spacial score (nSPS) is 10.9.